The lowest BCUT2D eigenvalue weighted by atomic mass is 10.6. The maximum absolute atomic E-state index is 3.87. The highest BCUT2D eigenvalue weighted by Gasteiger charge is 1.88. The Bertz CT molecular complexity index is 189. The molecule has 0 N–H and O–H groups in total. The second-order valence-electron chi connectivity index (χ2n) is 1.47. The van der Waals surface area contributed by atoms with Gasteiger partial charge in [0.15, 0.2) is 0 Å². The number of hydrogen-bond acceptors (Lipinski definition) is 2. The van der Waals surface area contributed by atoms with Crippen LogP contribution in [0.3, 0.4) is 0 Å². The molecule has 1 aromatic heterocycles. The predicted octanol–water partition coefficient (Wildman–Crippen LogP) is 0.752. The van der Waals surface area contributed by atoms with E-state index in [9.17, 15) is 0 Å². The van der Waals surface area contributed by atoms with Crippen LogP contribution in [-0.2, 0) is 7.05 Å². The van der Waals surface area contributed by atoms with Crippen LogP contribution in [0.2, 0.25) is 0 Å². The van der Waals surface area contributed by atoms with Gasteiger partial charge in [-0.1, -0.05) is 0 Å². The molecule has 0 atom stereocenters. The third-order valence-corrected chi connectivity index (χ3v) is 0.957. The molecule has 42 valence electrons. The molecule has 1 heterocycles. The maximum atomic E-state index is 3.87. The van der Waals surface area contributed by atoms with Crippen molar-refractivity contribution in [3.63, 3.8) is 0 Å². The van der Waals surface area contributed by atoms with Crippen LogP contribution in [0.25, 0.3) is 0 Å². The van der Waals surface area contributed by atoms with Crippen LogP contribution < -0.4 is 0 Å². The van der Waals surface area contributed by atoms with Gasteiger partial charge in [0.05, 0.1) is 6.20 Å². The highest BCUT2D eigenvalue weighted by atomic mass is 15.3. The van der Waals surface area contributed by atoms with Crippen LogP contribution in [0.5, 0.6) is 0 Å². The largest absolute Gasteiger partial charge is 0.251 e. The van der Waals surface area contributed by atoms with Crippen molar-refractivity contribution in [2.24, 2.45) is 12.0 Å². The van der Waals surface area contributed by atoms with E-state index in [1.54, 1.807) is 16.9 Å². The van der Waals surface area contributed by atoms with Gasteiger partial charge in [0, 0.05) is 13.1 Å². The summed E-state index contributed by atoms with van der Waals surface area (Å²) in [5.74, 6) is 0.796. The van der Waals surface area contributed by atoms with E-state index in [0.29, 0.717) is 0 Å². The van der Waals surface area contributed by atoms with Crippen LogP contribution >= 0.6 is 0 Å². The molecule has 0 spiro atoms. The minimum Gasteiger partial charge on any atom is -0.251 e. The van der Waals surface area contributed by atoms with Crippen LogP contribution in [0.4, 0.5) is 5.82 Å². The number of aryl methyl sites for hydroxylation is 1. The van der Waals surface area contributed by atoms with Crippen molar-refractivity contribution in [2.75, 3.05) is 0 Å². The lowest BCUT2D eigenvalue weighted by molar-refractivity contribution is 0.771. The predicted molar refractivity (Wildman–Crippen MR) is 32.4 cm³/mol. The molecule has 1 rings (SSSR count). The lowest BCUT2D eigenvalue weighted by Crippen LogP contribution is -1.86. The van der Waals surface area contributed by atoms with Crippen molar-refractivity contribution >= 4 is 12.5 Å². The van der Waals surface area contributed by atoms with Crippen molar-refractivity contribution in [3.05, 3.63) is 12.3 Å². The molecule has 8 heavy (non-hydrogen) atoms. The summed E-state index contributed by atoms with van der Waals surface area (Å²) in [5.41, 5.74) is 0. The molecule has 3 nitrogen and oxygen atoms in total. The number of aliphatic imine (C=N–C) groups is 1. The molecule has 0 aromatic carbocycles. The molecular weight excluding hydrogens is 102 g/mol. The van der Waals surface area contributed by atoms with E-state index >= 15 is 0 Å². The molecule has 0 amide bonds. The topological polar surface area (TPSA) is 30.2 Å². The van der Waals surface area contributed by atoms with Gasteiger partial charge >= 0.3 is 0 Å². The number of aromatic nitrogens is 2. The molecule has 0 bridgehead atoms. The minimum atomic E-state index is 0.796. The van der Waals surface area contributed by atoms with Crippen molar-refractivity contribution in [3.8, 4) is 0 Å². The second-order valence-corrected chi connectivity index (χ2v) is 1.47. The average Bonchev–Trinajstić information content (AvgIpc) is 2.14. The van der Waals surface area contributed by atoms with Gasteiger partial charge in [-0.25, -0.2) is 4.99 Å². The summed E-state index contributed by atoms with van der Waals surface area (Å²) in [7, 11) is 1.82. The average molecular weight is 109 g/mol. The first-order valence-electron chi connectivity index (χ1n) is 2.29. The first kappa shape index (κ1) is 5.03. The van der Waals surface area contributed by atoms with E-state index in [2.05, 4.69) is 16.8 Å². The Balaban J connectivity index is 3.09. The van der Waals surface area contributed by atoms with Crippen LogP contribution in [0, 0.1) is 0 Å². The second kappa shape index (κ2) is 1.78. The van der Waals surface area contributed by atoms with Crippen molar-refractivity contribution in [1.29, 1.82) is 0 Å². The van der Waals surface area contributed by atoms with Gasteiger partial charge in [-0.05, 0) is 6.72 Å². The quantitative estimate of drug-likeness (QED) is 0.489. The molecule has 0 saturated carbocycles. The normalized spacial score (nSPS) is 9.12. The monoisotopic (exact) mass is 109 g/mol. The SMILES string of the molecule is C=Nc1ccnn1C. The molecule has 0 aliphatic heterocycles. The van der Waals surface area contributed by atoms with Crippen molar-refractivity contribution in [2.45, 2.75) is 0 Å². The Hall–Kier alpha value is -1.12. The minimum absolute atomic E-state index is 0.796. The lowest BCUT2D eigenvalue weighted by Gasteiger charge is -1.88. The van der Waals surface area contributed by atoms with E-state index in [-0.39, 0.29) is 0 Å². The van der Waals surface area contributed by atoms with Gasteiger partial charge in [-0.2, -0.15) is 5.10 Å². The van der Waals surface area contributed by atoms with E-state index < -0.39 is 0 Å². The summed E-state index contributed by atoms with van der Waals surface area (Å²) in [6.07, 6.45) is 1.68. The number of hydrogen-bond donors (Lipinski definition) is 0. The molecule has 1 aromatic rings. The molecule has 0 aliphatic rings. The van der Waals surface area contributed by atoms with Gasteiger partial charge in [0.25, 0.3) is 0 Å². The van der Waals surface area contributed by atoms with Crippen molar-refractivity contribution in [1.82, 2.24) is 9.78 Å². The Morgan fingerprint density at radius 2 is 2.62 bits per heavy atom. The highest BCUT2D eigenvalue weighted by molar-refractivity contribution is 5.38. The fraction of sp³-hybridized carbons (Fsp3) is 0.200. The maximum Gasteiger partial charge on any atom is 0.149 e. The van der Waals surface area contributed by atoms with Crippen LogP contribution in [0.15, 0.2) is 17.3 Å². The fourth-order valence-electron chi connectivity index (χ4n) is 0.522. The third-order valence-electron chi connectivity index (χ3n) is 0.957. The molecule has 0 saturated heterocycles. The summed E-state index contributed by atoms with van der Waals surface area (Å²) in [5, 5.41) is 3.87. The summed E-state index contributed by atoms with van der Waals surface area (Å²) in [6, 6.07) is 1.80. The van der Waals surface area contributed by atoms with Gasteiger partial charge in [0.1, 0.15) is 5.82 Å². The van der Waals surface area contributed by atoms with Gasteiger partial charge in [-0.15, -0.1) is 0 Å². The third kappa shape index (κ3) is 0.621. The highest BCUT2D eigenvalue weighted by Crippen LogP contribution is 2.04. The summed E-state index contributed by atoms with van der Waals surface area (Å²) in [4.78, 5) is 3.68. The molecule has 0 aliphatic carbocycles. The van der Waals surface area contributed by atoms with Gasteiger partial charge in [-0.3, -0.25) is 4.68 Å². The standard InChI is InChI=1S/C5H7N3/c1-6-5-3-4-7-8(5)2/h3-4H,1H2,2H3. The van der Waals surface area contributed by atoms with Crippen molar-refractivity contribution < 1.29 is 0 Å². The zero-order valence-electron chi connectivity index (χ0n) is 4.70. The molecule has 0 fully saturated rings. The first-order chi connectivity index (χ1) is 3.84. The molecule has 0 radical (unpaired) electrons. The molecule has 3 heteroatoms. The Kier molecular flexibility index (Phi) is 1.12. The van der Waals surface area contributed by atoms with Crippen LogP contribution in [-0.4, -0.2) is 16.5 Å². The van der Waals surface area contributed by atoms with E-state index in [0.717, 1.165) is 5.82 Å². The number of rotatable bonds is 1. The van der Waals surface area contributed by atoms with Crippen LogP contribution in [0.1, 0.15) is 0 Å². The molecule has 0 unspecified atom stereocenters. The fourth-order valence-corrected chi connectivity index (χ4v) is 0.522. The Morgan fingerprint density at radius 1 is 1.88 bits per heavy atom. The molecular formula is C5H7N3. The van der Waals surface area contributed by atoms with E-state index in [1.807, 2.05) is 7.05 Å². The summed E-state index contributed by atoms with van der Waals surface area (Å²) < 4.78 is 1.66. The smallest absolute Gasteiger partial charge is 0.149 e. The Labute approximate surface area is 47.7 Å². The summed E-state index contributed by atoms with van der Waals surface area (Å²) >= 11 is 0. The Morgan fingerprint density at radius 3 is 2.88 bits per heavy atom. The van der Waals surface area contributed by atoms with Gasteiger partial charge in [0.2, 0.25) is 0 Å². The van der Waals surface area contributed by atoms with Gasteiger partial charge < -0.3 is 0 Å². The zero-order chi connectivity index (χ0) is 5.98. The number of nitrogens with zero attached hydrogens (tertiary/aromatic N) is 3. The summed E-state index contributed by atoms with van der Waals surface area (Å²) in [6.45, 7) is 3.35. The first-order valence-corrected chi connectivity index (χ1v) is 2.29. The zero-order valence-corrected chi connectivity index (χ0v) is 4.70. The van der Waals surface area contributed by atoms with E-state index in [4.69, 9.17) is 0 Å². The van der Waals surface area contributed by atoms with E-state index in [1.165, 1.54) is 0 Å².